The molecule has 1 fully saturated rings. The van der Waals surface area contributed by atoms with Gasteiger partial charge < -0.3 is 15.3 Å². The van der Waals surface area contributed by atoms with Crippen LogP contribution in [-0.4, -0.2) is 36.7 Å². The minimum Gasteiger partial charge on any atom is -0.493 e. The van der Waals surface area contributed by atoms with Crippen LogP contribution in [0.2, 0.25) is 0 Å². The minimum absolute atomic E-state index is 0.0154. The molecule has 4 aromatic rings. The fourth-order valence-corrected chi connectivity index (χ4v) is 5.30. The van der Waals surface area contributed by atoms with Crippen molar-refractivity contribution in [1.82, 2.24) is 19.0 Å². The number of aromatic hydroxyl groups is 1. The lowest BCUT2D eigenvalue weighted by molar-refractivity contribution is -0.137. The fourth-order valence-electron chi connectivity index (χ4n) is 5.30. The van der Waals surface area contributed by atoms with Gasteiger partial charge in [0.05, 0.1) is 34.4 Å². The highest BCUT2D eigenvalue weighted by Crippen LogP contribution is 2.49. The van der Waals surface area contributed by atoms with Crippen LogP contribution >= 0.6 is 0 Å². The lowest BCUT2D eigenvalue weighted by Crippen LogP contribution is -2.40. The quantitative estimate of drug-likeness (QED) is 0.420. The highest BCUT2D eigenvalue weighted by molar-refractivity contribution is 5.92. The Morgan fingerprint density at radius 1 is 1.19 bits per heavy atom. The van der Waals surface area contributed by atoms with Crippen LogP contribution in [0.1, 0.15) is 35.3 Å². The van der Waals surface area contributed by atoms with E-state index < -0.39 is 35.5 Å². The molecule has 0 spiro atoms. The first-order chi connectivity index (χ1) is 17.7. The molecule has 0 radical (unpaired) electrons. The average Bonchev–Trinajstić information content (AvgIpc) is 3.54. The van der Waals surface area contributed by atoms with Gasteiger partial charge in [0, 0.05) is 23.8 Å². The number of hydrogen-bond acceptors (Lipinski definition) is 5. The summed E-state index contributed by atoms with van der Waals surface area (Å²) in [4.78, 5) is 32.1. The molecule has 2 aliphatic rings. The van der Waals surface area contributed by atoms with Crippen LogP contribution in [0.4, 0.5) is 23.7 Å². The average molecular weight is 506 g/mol. The molecule has 2 aromatic heterocycles. The van der Waals surface area contributed by atoms with E-state index in [1.807, 2.05) is 0 Å². The molecule has 2 atom stereocenters. The molecular formula is C25H17F3N6O3. The van der Waals surface area contributed by atoms with E-state index in [9.17, 15) is 33.1 Å². The van der Waals surface area contributed by atoms with Gasteiger partial charge in [0.2, 0.25) is 5.88 Å². The number of benzene rings is 2. The number of hydrogen-bond donors (Lipinski definition) is 2. The number of carbonyl (C=O) groups excluding carboxylic acids is 1. The Bertz CT molecular complexity index is 1700. The molecule has 1 saturated heterocycles. The van der Waals surface area contributed by atoms with Crippen LogP contribution in [0, 0.1) is 11.3 Å². The third-order valence-corrected chi connectivity index (χ3v) is 6.87. The van der Waals surface area contributed by atoms with Crippen molar-refractivity contribution in [2.75, 3.05) is 11.9 Å². The number of carbonyl (C=O) groups is 1. The number of imidazole rings is 1. The van der Waals surface area contributed by atoms with E-state index in [0.717, 1.165) is 16.7 Å². The number of alkyl halides is 3. The summed E-state index contributed by atoms with van der Waals surface area (Å²) in [7, 11) is 0. The molecular weight excluding hydrogens is 489 g/mol. The number of amides is 2. The summed E-state index contributed by atoms with van der Waals surface area (Å²) in [6.45, 7) is 0.154. The third kappa shape index (κ3) is 3.35. The first-order valence-corrected chi connectivity index (χ1v) is 11.3. The summed E-state index contributed by atoms with van der Waals surface area (Å²) in [5.41, 5.74) is -0.110. The van der Waals surface area contributed by atoms with E-state index in [2.05, 4.69) is 16.4 Å². The molecule has 2 amide bonds. The summed E-state index contributed by atoms with van der Waals surface area (Å²) in [5, 5.41) is 23.6. The third-order valence-electron chi connectivity index (χ3n) is 6.87. The maximum Gasteiger partial charge on any atom is 0.416 e. The molecule has 186 valence electrons. The van der Waals surface area contributed by atoms with Crippen LogP contribution in [0.25, 0.3) is 16.6 Å². The number of halogens is 3. The zero-order chi connectivity index (χ0) is 26.1. The topological polar surface area (TPSA) is 116 Å². The van der Waals surface area contributed by atoms with Crippen molar-refractivity contribution in [3.63, 3.8) is 0 Å². The molecule has 12 heteroatoms. The standard InChI is InChI=1S/C25H17F3N6O3/c26-25(27,28)14-3-1-4-15(9-14)31-23(36)32-12-16-10-19(32)21-22(35)34(24(37)33(16)21)18-7-6-13(11-29)20-17(18)5-2-8-30-20/h1-9,16,19,35H,10,12H2,(H,31,36). The second kappa shape index (κ2) is 7.86. The van der Waals surface area contributed by atoms with Crippen molar-refractivity contribution in [2.45, 2.75) is 24.7 Å². The van der Waals surface area contributed by atoms with Crippen molar-refractivity contribution in [2.24, 2.45) is 0 Å². The maximum atomic E-state index is 13.4. The van der Waals surface area contributed by atoms with Crippen molar-refractivity contribution in [1.29, 1.82) is 5.26 Å². The lowest BCUT2D eigenvalue weighted by Gasteiger charge is -2.28. The fraction of sp³-hybridized carbons (Fsp3) is 0.200. The molecule has 6 rings (SSSR count). The normalized spacial score (nSPS) is 18.2. The smallest absolute Gasteiger partial charge is 0.416 e. The van der Waals surface area contributed by atoms with Gasteiger partial charge in [-0.05, 0) is 48.9 Å². The Hall–Kier alpha value is -4.79. The molecule has 2 aliphatic heterocycles. The first kappa shape index (κ1) is 22.7. The van der Waals surface area contributed by atoms with Crippen LogP contribution in [0.15, 0.2) is 59.5 Å². The maximum absolute atomic E-state index is 13.4. The molecule has 37 heavy (non-hydrogen) atoms. The van der Waals surface area contributed by atoms with E-state index in [-0.39, 0.29) is 23.8 Å². The van der Waals surface area contributed by atoms with Gasteiger partial charge in [-0.15, -0.1) is 0 Å². The van der Waals surface area contributed by atoms with E-state index in [4.69, 9.17) is 0 Å². The molecule has 2 unspecified atom stereocenters. The second-order valence-corrected chi connectivity index (χ2v) is 8.91. The summed E-state index contributed by atoms with van der Waals surface area (Å²) in [5.74, 6) is -0.344. The Labute approximate surface area is 206 Å². The van der Waals surface area contributed by atoms with Gasteiger partial charge in [-0.3, -0.25) is 9.55 Å². The summed E-state index contributed by atoms with van der Waals surface area (Å²) in [6, 6.07) is 11.1. The molecule has 2 N–H and O–H groups in total. The zero-order valence-corrected chi connectivity index (χ0v) is 18.9. The Morgan fingerprint density at radius 2 is 2.00 bits per heavy atom. The van der Waals surface area contributed by atoms with Gasteiger partial charge in [-0.25, -0.2) is 14.2 Å². The Morgan fingerprint density at radius 3 is 2.76 bits per heavy atom. The van der Waals surface area contributed by atoms with Crippen LogP contribution in [0.3, 0.4) is 0 Å². The molecule has 9 nitrogen and oxygen atoms in total. The van der Waals surface area contributed by atoms with Crippen LogP contribution in [-0.2, 0) is 6.18 Å². The molecule has 4 heterocycles. The number of likely N-dealkylation sites (tertiary alicyclic amines) is 1. The predicted octanol–water partition coefficient (Wildman–Crippen LogP) is 4.32. The van der Waals surface area contributed by atoms with Crippen molar-refractivity contribution >= 4 is 22.6 Å². The van der Waals surface area contributed by atoms with Gasteiger partial charge in [0.25, 0.3) is 0 Å². The molecule has 2 aromatic carbocycles. The number of nitrogens with one attached hydrogen (secondary N) is 1. The van der Waals surface area contributed by atoms with Gasteiger partial charge in [0.1, 0.15) is 11.8 Å². The zero-order valence-electron chi connectivity index (χ0n) is 18.9. The van der Waals surface area contributed by atoms with Crippen molar-refractivity contribution in [3.8, 4) is 17.6 Å². The number of anilines is 1. The lowest BCUT2D eigenvalue weighted by atomic mass is 10.1. The summed E-state index contributed by atoms with van der Waals surface area (Å²) >= 11 is 0. The molecule has 0 saturated carbocycles. The second-order valence-electron chi connectivity index (χ2n) is 8.91. The monoisotopic (exact) mass is 506 g/mol. The highest BCUT2D eigenvalue weighted by atomic mass is 19.4. The Balaban J connectivity index is 1.36. The summed E-state index contributed by atoms with van der Waals surface area (Å²) < 4.78 is 41.7. The number of aromatic nitrogens is 3. The minimum atomic E-state index is -4.55. The Kier molecular flexibility index (Phi) is 4.81. The molecule has 2 bridgehead atoms. The highest BCUT2D eigenvalue weighted by Gasteiger charge is 2.49. The van der Waals surface area contributed by atoms with Gasteiger partial charge in [-0.1, -0.05) is 6.07 Å². The number of pyridine rings is 1. The largest absolute Gasteiger partial charge is 0.493 e. The van der Waals surface area contributed by atoms with Crippen molar-refractivity contribution in [3.05, 3.63) is 82.0 Å². The SMILES string of the molecule is N#Cc1ccc(-n2c(O)c3n(c2=O)C2CC3N(C(=O)Nc3cccc(C(F)(F)F)c3)C2)c2cccnc12. The van der Waals surface area contributed by atoms with Crippen LogP contribution in [0.5, 0.6) is 5.88 Å². The summed E-state index contributed by atoms with van der Waals surface area (Å²) in [6.07, 6.45) is -2.63. The van der Waals surface area contributed by atoms with E-state index >= 15 is 0 Å². The number of nitrogens with zero attached hydrogens (tertiary/aromatic N) is 5. The van der Waals surface area contributed by atoms with E-state index in [1.54, 1.807) is 18.2 Å². The first-order valence-electron chi connectivity index (χ1n) is 11.3. The number of fused-ring (bicyclic) bond motifs is 6. The van der Waals surface area contributed by atoms with E-state index in [0.29, 0.717) is 28.6 Å². The van der Waals surface area contributed by atoms with Crippen LogP contribution < -0.4 is 11.0 Å². The van der Waals surface area contributed by atoms with Gasteiger partial charge >= 0.3 is 17.9 Å². The number of urea groups is 1. The van der Waals surface area contributed by atoms with Gasteiger partial charge in [-0.2, -0.15) is 18.4 Å². The van der Waals surface area contributed by atoms with Gasteiger partial charge in [0.15, 0.2) is 0 Å². The predicted molar refractivity (Wildman–Crippen MR) is 125 cm³/mol. The van der Waals surface area contributed by atoms with E-state index in [1.165, 1.54) is 33.9 Å². The molecule has 0 aliphatic carbocycles. The number of rotatable bonds is 2. The van der Waals surface area contributed by atoms with Crippen molar-refractivity contribution < 1.29 is 23.1 Å². The number of nitriles is 1.